The molecule has 2 aromatic rings. The Morgan fingerprint density at radius 2 is 2.11 bits per heavy atom. The van der Waals surface area contributed by atoms with Gasteiger partial charge in [-0.25, -0.2) is 0 Å². The normalized spacial score (nSPS) is 18.9. The maximum atomic E-state index is 4.69. The molecule has 1 aromatic heterocycles. The first-order valence-corrected chi connectivity index (χ1v) is 7.13. The van der Waals surface area contributed by atoms with E-state index in [1.807, 2.05) is 0 Å². The Morgan fingerprint density at radius 3 is 2.74 bits per heavy atom. The molecule has 3 rings (SSSR count). The molecule has 1 aliphatic rings. The molecule has 0 bridgehead atoms. The van der Waals surface area contributed by atoms with Gasteiger partial charge in [-0.3, -0.25) is 4.68 Å². The molecule has 1 N–H and O–H groups in total. The summed E-state index contributed by atoms with van der Waals surface area (Å²) in [7, 11) is 0. The molecule has 0 aliphatic carbocycles. The summed E-state index contributed by atoms with van der Waals surface area (Å²) in [5.41, 5.74) is 5.03. The number of hydrogen-bond acceptors (Lipinski definition) is 2. The minimum absolute atomic E-state index is 0.516. The van der Waals surface area contributed by atoms with Gasteiger partial charge in [0.15, 0.2) is 0 Å². The van der Waals surface area contributed by atoms with Gasteiger partial charge in [0.25, 0.3) is 0 Å². The van der Waals surface area contributed by atoms with Crippen LogP contribution in [0.2, 0.25) is 0 Å². The lowest BCUT2D eigenvalue weighted by Gasteiger charge is -2.07. The Morgan fingerprint density at radius 1 is 1.32 bits per heavy atom. The molecule has 2 heterocycles. The van der Waals surface area contributed by atoms with Crippen LogP contribution in [0.25, 0.3) is 11.1 Å². The van der Waals surface area contributed by atoms with Gasteiger partial charge >= 0.3 is 0 Å². The van der Waals surface area contributed by atoms with Gasteiger partial charge in [-0.1, -0.05) is 31.2 Å². The average Bonchev–Trinajstić information content (AvgIpc) is 3.08. The Balaban J connectivity index is 1.90. The summed E-state index contributed by atoms with van der Waals surface area (Å²) in [6.45, 7) is 6.42. The van der Waals surface area contributed by atoms with E-state index in [1.54, 1.807) is 0 Å². The number of aryl methyl sites for hydroxylation is 2. The molecule has 3 nitrogen and oxygen atoms in total. The van der Waals surface area contributed by atoms with E-state index in [0.29, 0.717) is 6.04 Å². The maximum absolute atomic E-state index is 4.69. The lowest BCUT2D eigenvalue weighted by molar-refractivity contribution is 0.488. The molecule has 1 fully saturated rings. The van der Waals surface area contributed by atoms with Crippen LogP contribution in [0.5, 0.6) is 0 Å². The molecule has 1 atom stereocenters. The van der Waals surface area contributed by atoms with Crippen LogP contribution < -0.4 is 5.32 Å². The summed E-state index contributed by atoms with van der Waals surface area (Å²) in [4.78, 5) is 0. The topological polar surface area (TPSA) is 29.9 Å². The van der Waals surface area contributed by atoms with Gasteiger partial charge in [-0.2, -0.15) is 5.10 Å². The molecule has 0 radical (unpaired) electrons. The molecule has 1 saturated heterocycles. The fourth-order valence-electron chi connectivity index (χ4n) is 2.74. The Hall–Kier alpha value is -1.61. The van der Waals surface area contributed by atoms with Crippen LogP contribution >= 0.6 is 0 Å². The molecule has 0 amide bonds. The molecule has 100 valence electrons. The van der Waals surface area contributed by atoms with Gasteiger partial charge in [0, 0.05) is 18.3 Å². The molecule has 3 heteroatoms. The van der Waals surface area contributed by atoms with Crippen LogP contribution in [0.4, 0.5) is 0 Å². The molecule has 1 unspecified atom stereocenters. The number of hydrogen-bond donors (Lipinski definition) is 1. The zero-order valence-corrected chi connectivity index (χ0v) is 11.7. The highest BCUT2D eigenvalue weighted by Crippen LogP contribution is 2.25. The zero-order valence-electron chi connectivity index (χ0n) is 11.7. The Labute approximate surface area is 114 Å². The zero-order chi connectivity index (χ0) is 13.2. The first-order valence-electron chi connectivity index (χ1n) is 7.13. The first kappa shape index (κ1) is 12.4. The smallest absolute Gasteiger partial charge is 0.0672 e. The number of rotatable bonds is 3. The number of benzene rings is 1. The van der Waals surface area contributed by atoms with Crippen LogP contribution in [0.15, 0.2) is 30.5 Å². The van der Waals surface area contributed by atoms with Crippen molar-refractivity contribution < 1.29 is 0 Å². The third-order valence-corrected chi connectivity index (χ3v) is 4.00. The van der Waals surface area contributed by atoms with Crippen LogP contribution in [0, 0.1) is 6.92 Å². The third-order valence-electron chi connectivity index (χ3n) is 4.00. The van der Waals surface area contributed by atoms with E-state index in [4.69, 9.17) is 0 Å². The number of nitrogens with one attached hydrogen (secondary N) is 1. The third kappa shape index (κ3) is 2.43. The first-order chi connectivity index (χ1) is 9.28. The van der Waals surface area contributed by atoms with Crippen molar-refractivity contribution in [1.82, 2.24) is 15.1 Å². The van der Waals surface area contributed by atoms with Crippen molar-refractivity contribution in [2.24, 2.45) is 0 Å². The Kier molecular flexibility index (Phi) is 3.38. The Bertz CT molecular complexity index is 548. The van der Waals surface area contributed by atoms with Gasteiger partial charge in [0.05, 0.1) is 11.7 Å². The fraction of sp³-hybridized carbons (Fsp3) is 0.438. The van der Waals surface area contributed by atoms with E-state index < -0.39 is 0 Å². The second kappa shape index (κ2) is 5.17. The van der Waals surface area contributed by atoms with Crippen molar-refractivity contribution in [3.63, 3.8) is 0 Å². The van der Waals surface area contributed by atoms with Crippen LogP contribution in [-0.2, 0) is 6.42 Å². The van der Waals surface area contributed by atoms with Crippen molar-refractivity contribution in [2.45, 2.75) is 32.7 Å². The van der Waals surface area contributed by atoms with Crippen molar-refractivity contribution in [3.8, 4) is 11.1 Å². The quantitative estimate of drug-likeness (QED) is 0.914. The maximum Gasteiger partial charge on any atom is 0.0672 e. The van der Waals surface area contributed by atoms with E-state index in [0.717, 1.165) is 25.2 Å². The van der Waals surface area contributed by atoms with Crippen LogP contribution in [0.3, 0.4) is 0 Å². The molecule has 0 saturated carbocycles. The molecule has 19 heavy (non-hydrogen) atoms. The van der Waals surface area contributed by atoms with E-state index >= 15 is 0 Å². The van der Waals surface area contributed by atoms with Crippen LogP contribution in [0.1, 0.15) is 30.6 Å². The lowest BCUT2D eigenvalue weighted by atomic mass is 10.0. The SMILES string of the molecule is CCc1ccc(-c2cn(C3CCNC3)nc2C)cc1. The lowest BCUT2D eigenvalue weighted by Crippen LogP contribution is -2.13. The largest absolute Gasteiger partial charge is 0.315 e. The molecule has 1 aromatic carbocycles. The molecular weight excluding hydrogens is 234 g/mol. The van der Waals surface area contributed by atoms with E-state index in [1.165, 1.54) is 23.1 Å². The summed E-state index contributed by atoms with van der Waals surface area (Å²) in [5.74, 6) is 0. The fourth-order valence-corrected chi connectivity index (χ4v) is 2.74. The monoisotopic (exact) mass is 255 g/mol. The number of aromatic nitrogens is 2. The van der Waals surface area contributed by atoms with E-state index in [-0.39, 0.29) is 0 Å². The summed E-state index contributed by atoms with van der Waals surface area (Å²) >= 11 is 0. The van der Waals surface area contributed by atoms with Gasteiger partial charge in [-0.05, 0) is 37.4 Å². The standard InChI is InChI=1S/C16H21N3/c1-3-13-4-6-14(7-5-13)16-11-19(18-12(16)2)15-8-9-17-10-15/h4-7,11,15,17H,3,8-10H2,1-2H3. The predicted octanol–water partition coefficient (Wildman–Crippen LogP) is 2.96. The summed E-state index contributed by atoms with van der Waals surface area (Å²) in [6, 6.07) is 9.36. The van der Waals surface area contributed by atoms with Gasteiger partial charge in [-0.15, -0.1) is 0 Å². The van der Waals surface area contributed by atoms with Crippen molar-refractivity contribution in [2.75, 3.05) is 13.1 Å². The minimum Gasteiger partial charge on any atom is -0.315 e. The average molecular weight is 255 g/mol. The van der Waals surface area contributed by atoms with Crippen molar-refractivity contribution in [1.29, 1.82) is 0 Å². The van der Waals surface area contributed by atoms with Crippen molar-refractivity contribution >= 4 is 0 Å². The second-order valence-electron chi connectivity index (χ2n) is 5.31. The molecule has 1 aliphatic heterocycles. The summed E-state index contributed by atoms with van der Waals surface area (Å²) < 4.78 is 2.14. The van der Waals surface area contributed by atoms with Crippen LogP contribution in [-0.4, -0.2) is 22.9 Å². The highest BCUT2D eigenvalue weighted by Gasteiger charge is 2.18. The second-order valence-corrected chi connectivity index (χ2v) is 5.31. The van der Waals surface area contributed by atoms with E-state index in [2.05, 4.69) is 59.4 Å². The molecular formula is C16H21N3. The highest BCUT2D eigenvalue weighted by atomic mass is 15.3. The minimum atomic E-state index is 0.516. The van der Waals surface area contributed by atoms with E-state index in [9.17, 15) is 0 Å². The van der Waals surface area contributed by atoms with Gasteiger partial charge in [0.1, 0.15) is 0 Å². The van der Waals surface area contributed by atoms with Crippen molar-refractivity contribution in [3.05, 3.63) is 41.7 Å². The summed E-state index contributed by atoms with van der Waals surface area (Å²) in [5, 5.41) is 8.08. The summed E-state index contributed by atoms with van der Waals surface area (Å²) in [6.07, 6.45) is 4.47. The number of nitrogens with zero attached hydrogens (tertiary/aromatic N) is 2. The highest BCUT2D eigenvalue weighted by molar-refractivity contribution is 5.65. The molecule has 0 spiro atoms. The predicted molar refractivity (Wildman–Crippen MR) is 78.3 cm³/mol. The van der Waals surface area contributed by atoms with Gasteiger partial charge in [0.2, 0.25) is 0 Å². The van der Waals surface area contributed by atoms with Gasteiger partial charge < -0.3 is 5.32 Å².